The van der Waals surface area contributed by atoms with E-state index in [1.54, 1.807) is 0 Å². The molecule has 0 radical (unpaired) electrons. The number of hydrogen-bond acceptors (Lipinski definition) is 2. The van der Waals surface area contributed by atoms with Crippen molar-refractivity contribution in [1.29, 1.82) is 0 Å². The third kappa shape index (κ3) is 3.01. The minimum absolute atomic E-state index is 0.794. The van der Waals surface area contributed by atoms with Crippen LogP contribution in [0.25, 0.3) is 0 Å². The minimum Gasteiger partial charge on any atom is -0.309 e. The summed E-state index contributed by atoms with van der Waals surface area (Å²) in [6, 6.07) is 7.81. The molecular formula is C17H26N2. The van der Waals surface area contributed by atoms with Crippen molar-refractivity contribution in [2.75, 3.05) is 7.05 Å². The zero-order valence-corrected chi connectivity index (χ0v) is 12.3. The first-order valence-electron chi connectivity index (χ1n) is 7.74. The average Bonchev–Trinajstić information content (AvgIpc) is 2.87. The molecule has 0 saturated heterocycles. The van der Waals surface area contributed by atoms with E-state index in [-0.39, 0.29) is 0 Å². The Balaban J connectivity index is 1.61. The van der Waals surface area contributed by atoms with Gasteiger partial charge in [0.25, 0.3) is 0 Å². The van der Waals surface area contributed by atoms with E-state index in [9.17, 15) is 0 Å². The Kier molecular flexibility index (Phi) is 3.90. The SMILES string of the molecule is CC1CCC(N(C)Cc2ccc3c(c2)CNC3)CC1. The van der Waals surface area contributed by atoms with Crippen molar-refractivity contribution in [2.24, 2.45) is 5.92 Å². The van der Waals surface area contributed by atoms with Crippen molar-refractivity contribution >= 4 is 0 Å². The van der Waals surface area contributed by atoms with Crippen molar-refractivity contribution in [1.82, 2.24) is 10.2 Å². The second-order valence-corrected chi connectivity index (χ2v) is 6.54. The first kappa shape index (κ1) is 13.1. The van der Waals surface area contributed by atoms with Gasteiger partial charge in [-0.05, 0) is 55.3 Å². The summed E-state index contributed by atoms with van der Waals surface area (Å²) in [7, 11) is 2.30. The molecule has 0 amide bonds. The fourth-order valence-corrected chi connectivity index (χ4v) is 3.55. The predicted octanol–water partition coefficient (Wildman–Crippen LogP) is 3.30. The van der Waals surface area contributed by atoms with E-state index in [0.717, 1.165) is 31.6 Å². The molecule has 0 unspecified atom stereocenters. The van der Waals surface area contributed by atoms with E-state index in [1.807, 2.05) is 0 Å². The molecule has 19 heavy (non-hydrogen) atoms. The van der Waals surface area contributed by atoms with Crippen LogP contribution in [-0.4, -0.2) is 18.0 Å². The molecule has 0 bridgehead atoms. The second-order valence-electron chi connectivity index (χ2n) is 6.54. The van der Waals surface area contributed by atoms with E-state index in [0.29, 0.717) is 0 Å². The monoisotopic (exact) mass is 258 g/mol. The van der Waals surface area contributed by atoms with E-state index >= 15 is 0 Å². The van der Waals surface area contributed by atoms with Crippen molar-refractivity contribution < 1.29 is 0 Å². The van der Waals surface area contributed by atoms with Crippen molar-refractivity contribution in [3.05, 3.63) is 34.9 Å². The fraction of sp³-hybridized carbons (Fsp3) is 0.647. The summed E-state index contributed by atoms with van der Waals surface area (Å²) in [5.74, 6) is 0.940. The van der Waals surface area contributed by atoms with Crippen LogP contribution in [0.4, 0.5) is 0 Å². The lowest BCUT2D eigenvalue weighted by Crippen LogP contribution is -2.34. The maximum atomic E-state index is 3.42. The lowest BCUT2D eigenvalue weighted by Gasteiger charge is -2.33. The Labute approximate surface area is 117 Å². The first-order valence-corrected chi connectivity index (χ1v) is 7.74. The van der Waals surface area contributed by atoms with E-state index in [4.69, 9.17) is 0 Å². The molecule has 3 rings (SSSR count). The Morgan fingerprint density at radius 3 is 2.63 bits per heavy atom. The zero-order chi connectivity index (χ0) is 13.2. The molecule has 2 heteroatoms. The summed E-state index contributed by atoms with van der Waals surface area (Å²) in [5, 5.41) is 3.42. The first-order chi connectivity index (χ1) is 9.22. The Bertz CT molecular complexity index is 433. The smallest absolute Gasteiger partial charge is 0.0233 e. The van der Waals surface area contributed by atoms with Gasteiger partial charge in [-0.15, -0.1) is 0 Å². The minimum atomic E-state index is 0.794. The van der Waals surface area contributed by atoms with E-state index in [2.05, 4.69) is 42.4 Å². The third-order valence-corrected chi connectivity index (χ3v) is 4.94. The highest BCUT2D eigenvalue weighted by molar-refractivity contribution is 5.34. The van der Waals surface area contributed by atoms with Gasteiger partial charge in [0.05, 0.1) is 0 Å². The third-order valence-electron chi connectivity index (χ3n) is 4.94. The molecule has 2 nitrogen and oxygen atoms in total. The zero-order valence-electron chi connectivity index (χ0n) is 12.3. The fourth-order valence-electron chi connectivity index (χ4n) is 3.55. The lowest BCUT2D eigenvalue weighted by molar-refractivity contribution is 0.164. The largest absolute Gasteiger partial charge is 0.309 e. The summed E-state index contributed by atoms with van der Waals surface area (Å²) < 4.78 is 0. The van der Waals surface area contributed by atoms with Gasteiger partial charge in [-0.1, -0.05) is 25.1 Å². The molecule has 1 fully saturated rings. The summed E-state index contributed by atoms with van der Waals surface area (Å²) in [5.41, 5.74) is 4.46. The maximum Gasteiger partial charge on any atom is 0.0233 e. The molecule has 1 aromatic rings. The molecule has 2 aliphatic rings. The Morgan fingerprint density at radius 1 is 1.11 bits per heavy atom. The van der Waals surface area contributed by atoms with Crippen LogP contribution >= 0.6 is 0 Å². The quantitative estimate of drug-likeness (QED) is 0.895. The number of benzene rings is 1. The van der Waals surface area contributed by atoms with Crippen molar-refractivity contribution in [3.63, 3.8) is 0 Å². The summed E-state index contributed by atoms with van der Waals surface area (Å²) in [4.78, 5) is 2.57. The highest BCUT2D eigenvalue weighted by Gasteiger charge is 2.21. The van der Waals surface area contributed by atoms with Gasteiger partial charge in [-0.25, -0.2) is 0 Å². The highest BCUT2D eigenvalue weighted by atomic mass is 15.1. The molecule has 1 aliphatic carbocycles. The molecule has 104 valence electrons. The molecule has 1 heterocycles. The molecule has 0 spiro atoms. The van der Waals surface area contributed by atoms with Gasteiger partial charge < -0.3 is 5.32 Å². The lowest BCUT2D eigenvalue weighted by atomic mass is 9.86. The van der Waals surface area contributed by atoms with Crippen LogP contribution in [0, 0.1) is 5.92 Å². The molecular weight excluding hydrogens is 232 g/mol. The number of fused-ring (bicyclic) bond motifs is 1. The Hall–Kier alpha value is -0.860. The van der Waals surface area contributed by atoms with Gasteiger partial charge in [-0.3, -0.25) is 4.90 Å². The van der Waals surface area contributed by atoms with E-state index < -0.39 is 0 Å². The predicted molar refractivity (Wildman–Crippen MR) is 79.9 cm³/mol. The van der Waals surface area contributed by atoms with Crippen molar-refractivity contribution in [3.8, 4) is 0 Å². The van der Waals surface area contributed by atoms with Crippen LogP contribution in [0.3, 0.4) is 0 Å². The van der Waals surface area contributed by atoms with Crippen LogP contribution in [0.2, 0.25) is 0 Å². The summed E-state index contributed by atoms with van der Waals surface area (Å²) in [6.07, 6.45) is 5.57. The normalized spacial score (nSPS) is 26.7. The molecule has 1 aliphatic heterocycles. The molecule has 0 atom stereocenters. The number of hydrogen-bond donors (Lipinski definition) is 1. The number of nitrogens with zero attached hydrogens (tertiary/aromatic N) is 1. The number of nitrogens with one attached hydrogen (secondary N) is 1. The highest BCUT2D eigenvalue weighted by Crippen LogP contribution is 2.27. The molecule has 0 aromatic heterocycles. The maximum absolute atomic E-state index is 3.42. The van der Waals surface area contributed by atoms with Gasteiger partial charge in [0, 0.05) is 25.7 Å². The van der Waals surface area contributed by atoms with Gasteiger partial charge in [0.1, 0.15) is 0 Å². The summed E-state index contributed by atoms with van der Waals surface area (Å²) >= 11 is 0. The molecule has 1 N–H and O–H groups in total. The van der Waals surface area contributed by atoms with Gasteiger partial charge in [0.15, 0.2) is 0 Å². The molecule has 1 saturated carbocycles. The van der Waals surface area contributed by atoms with Crippen molar-refractivity contribution in [2.45, 2.75) is 58.3 Å². The second kappa shape index (κ2) is 5.64. The van der Waals surface area contributed by atoms with Crippen LogP contribution in [-0.2, 0) is 19.6 Å². The Morgan fingerprint density at radius 2 is 1.84 bits per heavy atom. The van der Waals surface area contributed by atoms with Gasteiger partial charge in [-0.2, -0.15) is 0 Å². The van der Waals surface area contributed by atoms with Gasteiger partial charge >= 0.3 is 0 Å². The van der Waals surface area contributed by atoms with Crippen LogP contribution < -0.4 is 5.32 Å². The average molecular weight is 258 g/mol. The standard InChI is InChI=1S/C17H26N2/c1-13-3-7-17(8-4-13)19(2)12-14-5-6-15-10-18-11-16(15)9-14/h5-6,9,13,17-18H,3-4,7-8,10-12H2,1-2H3. The van der Waals surface area contributed by atoms with Crippen LogP contribution in [0.5, 0.6) is 0 Å². The van der Waals surface area contributed by atoms with Crippen LogP contribution in [0.1, 0.15) is 49.3 Å². The molecule has 1 aromatic carbocycles. The van der Waals surface area contributed by atoms with Crippen LogP contribution in [0.15, 0.2) is 18.2 Å². The van der Waals surface area contributed by atoms with Gasteiger partial charge in [0.2, 0.25) is 0 Å². The number of rotatable bonds is 3. The topological polar surface area (TPSA) is 15.3 Å². The summed E-state index contributed by atoms with van der Waals surface area (Å²) in [6.45, 7) is 5.59. The van der Waals surface area contributed by atoms with E-state index in [1.165, 1.54) is 42.4 Å².